The fourth-order valence-electron chi connectivity index (χ4n) is 2.05. The Morgan fingerprint density at radius 2 is 1.94 bits per heavy atom. The fraction of sp³-hybridized carbons (Fsp3) is 0.923. The van der Waals surface area contributed by atoms with E-state index in [4.69, 9.17) is 10.5 Å². The van der Waals surface area contributed by atoms with E-state index in [-0.39, 0.29) is 17.2 Å². The Morgan fingerprint density at radius 1 is 1.35 bits per heavy atom. The van der Waals surface area contributed by atoms with Gasteiger partial charge in [-0.2, -0.15) is 0 Å². The molecule has 17 heavy (non-hydrogen) atoms. The van der Waals surface area contributed by atoms with Crippen LogP contribution in [0.1, 0.15) is 33.6 Å². The summed E-state index contributed by atoms with van der Waals surface area (Å²) in [7, 11) is 0. The number of Topliss-reactive ketones (excluding diaryl/α,β-unsaturated/α-hetero) is 1. The second kappa shape index (κ2) is 6.47. The van der Waals surface area contributed by atoms with E-state index in [2.05, 4.69) is 4.90 Å². The molecule has 0 unspecified atom stereocenters. The van der Waals surface area contributed by atoms with Gasteiger partial charge in [-0.05, 0) is 19.4 Å². The quantitative estimate of drug-likeness (QED) is 0.782. The van der Waals surface area contributed by atoms with Crippen molar-refractivity contribution in [3.8, 4) is 0 Å². The van der Waals surface area contributed by atoms with Crippen molar-refractivity contribution in [2.24, 2.45) is 11.1 Å². The summed E-state index contributed by atoms with van der Waals surface area (Å²) in [5, 5.41) is 0. The molecule has 1 saturated heterocycles. The summed E-state index contributed by atoms with van der Waals surface area (Å²) in [4.78, 5) is 14.3. The zero-order valence-corrected chi connectivity index (χ0v) is 11.4. The van der Waals surface area contributed by atoms with Crippen molar-refractivity contribution in [1.29, 1.82) is 0 Å². The third-order valence-electron chi connectivity index (χ3n) is 3.17. The van der Waals surface area contributed by atoms with Crippen LogP contribution in [0.5, 0.6) is 0 Å². The molecule has 0 aromatic heterocycles. The molecule has 1 heterocycles. The van der Waals surface area contributed by atoms with Crippen LogP contribution in [0.25, 0.3) is 0 Å². The minimum absolute atomic E-state index is 0.166. The van der Waals surface area contributed by atoms with Crippen molar-refractivity contribution < 1.29 is 9.53 Å². The zero-order chi connectivity index (χ0) is 12.9. The highest BCUT2D eigenvalue weighted by Crippen LogP contribution is 2.18. The average Bonchev–Trinajstić information content (AvgIpc) is 2.28. The van der Waals surface area contributed by atoms with Gasteiger partial charge in [-0.15, -0.1) is 0 Å². The van der Waals surface area contributed by atoms with Gasteiger partial charge < -0.3 is 10.5 Å². The van der Waals surface area contributed by atoms with E-state index in [1.165, 1.54) is 0 Å². The molecule has 0 spiro atoms. The second-order valence-corrected chi connectivity index (χ2v) is 5.82. The predicted octanol–water partition coefficient (Wildman–Crippen LogP) is 1.04. The van der Waals surface area contributed by atoms with Gasteiger partial charge in [-0.3, -0.25) is 9.69 Å². The van der Waals surface area contributed by atoms with Crippen LogP contribution in [0, 0.1) is 5.41 Å². The van der Waals surface area contributed by atoms with Crippen LogP contribution in [-0.4, -0.2) is 49.6 Å². The third kappa shape index (κ3) is 5.15. The van der Waals surface area contributed by atoms with Gasteiger partial charge >= 0.3 is 0 Å². The van der Waals surface area contributed by atoms with Crippen LogP contribution < -0.4 is 5.73 Å². The molecular weight excluding hydrogens is 216 g/mol. The number of carbonyl (C=O) groups excluding carboxylic acids is 1. The lowest BCUT2D eigenvalue weighted by atomic mass is 9.85. The van der Waals surface area contributed by atoms with E-state index >= 15 is 0 Å². The van der Waals surface area contributed by atoms with Gasteiger partial charge in [-0.25, -0.2) is 0 Å². The van der Waals surface area contributed by atoms with E-state index in [0.29, 0.717) is 0 Å². The molecule has 2 N–H and O–H groups in total. The molecule has 1 fully saturated rings. The Bertz CT molecular complexity index is 242. The molecule has 0 aromatic rings. The molecule has 1 aliphatic heterocycles. The number of nitrogens with two attached hydrogens (primary N) is 1. The maximum atomic E-state index is 11.9. The van der Waals surface area contributed by atoms with Gasteiger partial charge in [0, 0.05) is 18.5 Å². The summed E-state index contributed by atoms with van der Waals surface area (Å²) in [6.45, 7) is 10.5. The first-order valence-corrected chi connectivity index (χ1v) is 6.51. The normalized spacial score (nSPS) is 20.2. The standard InChI is InChI=1S/C13H26N2O2/c1-13(2,3)12(16)11(14)5-4-6-15-7-9-17-10-8-15/h11H,4-10,14H2,1-3H3/t11-/m1/s1. The summed E-state index contributed by atoms with van der Waals surface area (Å²) in [5.74, 6) is 0.166. The number of carbonyl (C=O) groups is 1. The molecule has 0 bridgehead atoms. The molecule has 1 rings (SSSR count). The third-order valence-corrected chi connectivity index (χ3v) is 3.17. The zero-order valence-electron chi connectivity index (χ0n) is 11.4. The lowest BCUT2D eigenvalue weighted by Crippen LogP contribution is -2.40. The molecule has 1 aliphatic rings. The van der Waals surface area contributed by atoms with Crippen LogP contribution in [0.2, 0.25) is 0 Å². The van der Waals surface area contributed by atoms with E-state index < -0.39 is 0 Å². The van der Waals surface area contributed by atoms with Crippen LogP contribution in [-0.2, 0) is 9.53 Å². The first-order valence-electron chi connectivity index (χ1n) is 6.51. The molecule has 4 nitrogen and oxygen atoms in total. The molecular formula is C13H26N2O2. The van der Waals surface area contributed by atoms with Crippen LogP contribution in [0.15, 0.2) is 0 Å². The van der Waals surface area contributed by atoms with Crippen molar-refractivity contribution in [1.82, 2.24) is 4.90 Å². The van der Waals surface area contributed by atoms with Crippen molar-refractivity contribution in [3.63, 3.8) is 0 Å². The van der Waals surface area contributed by atoms with Gasteiger partial charge in [0.2, 0.25) is 0 Å². The summed E-state index contributed by atoms with van der Waals surface area (Å²) >= 11 is 0. The minimum Gasteiger partial charge on any atom is -0.379 e. The van der Waals surface area contributed by atoms with Gasteiger partial charge in [-0.1, -0.05) is 20.8 Å². The number of ether oxygens (including phenoxy) is 1. The van der Waals surface area contributed by atoms with Gasteiger partial charge in [0.1, 0.15) is 0 Å². The number of morpholine rings is 1. The lowest BCUT2D eigenvalue weighted by Gasteiger charge is -2.27. The van der Waals surface area contributed by atoms with Crippen LogP contribution in [0.4, 0.5) is 0 Å². The van der Waals surface area contributed by atoms with Crippen molar-refractivity contribution >= 4 is 5.78 Å². The molecule has 4 heteroatoms. The molecule has 1 atom stereocenters. The molecule has 0 amide bonds. The number of nitrogens with zero attached hydrogens (tertiary/aromatic N) is 1. The van der Waals surface area contributed by atoms with Crippen LogP contribution in [0.3, 0.4) is 0 Å². The van der Waals surface area contributed by atoms with E-state index in [1.54, 1.807) is 0 Å². The molecule has 0 aliphatic carbocycles. The highest BCUT2D eigenvalue weighted by atomic mass is 16.5. The molecule has 0 radical (unpaired) electrons. The Balaban J connectivity index is 2.19. The number of ketones is 1. The Kier molecular flexibility index (Phi) is 5.56. The summed E-state index contributed by atoms with van der Waals surface area (Å²) in [6.07, 6.45) is 1.77. The Morgan fingerprint density at radius 3 is 2.47 bits per heavy atom. The van der Waals surface area contributed by atoms with Crippen molar-refractivity contribution in [3.05, 3.63) is 0 Å². The van der Waals surface area contributed by atoms with Crippen molar-refractivity contribution in [2.45, 2.75) is 39.7 Å². The number of hydrogen-bond donors (Lipinski definition) is 1. The van der Waals surface area contributed by atoms with E-state index in [9.17, 15) is 4.79 Å². The van der Waals surface area contributed by atoms with Gasteiger partial charge in [0.15, 0.2) is 5.78 Å². The van der Waals surface area contributed by atoms with E-state index in [0.717, 1.165) is 45.7 Å². The predicted molar refractivity (Wildman–Crippen MR) is 68.9 cm³/mol. The first kappa shape index (κ1) is 14.6. The Hall–Kier alpha value is -0.450. The second-order valence-electron chi connectivity index (χ2n) is 5.82. The number of hydrogen-bond acceptors (Lipinski definition) is 4. The molecule has 100 valence electrons. The highest BCUT2D eigenvalue weighted by Gasteiger charge is 2.26. The topological polar surface area (TPSA) is 55.6 Å². The summed E-state index contributed by atoms with van der Waals surface area (Å²) < 4.78 is 5.29. The molecule has 0 aromatic carbocycles. The maximum absolute atomic E-state index is 11.9. The largest absolute Gasteiger partial charge is 0.379 e. The lowest BCUT2D eigenvalue weighted by molar-refractivity contribution is -0.127. The summed E-state index contributed by atoms with van der Waals surface area (Å²) in [5.41, 5.74) is 5.61. The number of rotatable bonds is 5. The van der Waals surface area contributed by atoms with E-state index in [1.807, 2.05) is 20.8 Å². The molecule has 0 saturated carbocycles. The summed E-state index contributed by atoms with van der Waals surface area (Å²) in [6, 6.07) is -0.309. The van der Waals surface area contributed by atoms with Crippen LogP contribution >= 0.6 is 0 Å². The SMILES string of the molecule is CC(C)(C)C(=O)[C@H](N)CCCN1CCOCC1. The average molecular weight is 242 g/mol. The smallest absolute Gasteiger partial charge is 0.154 e. The Labute approximate surface area is 104 Å². The van der Waals surface area contributed by atoms with Gasteiger partial charge in [0.05, 0.1) is 19.3 Å². The van der Waals surface area contributed by atoms with Gasteiger partial charge in [0.25, 0.3) is 0 Å². The maximum Gasteiger partial charge on any atom is 0.154 e. The highest BCUT2D eigenvalue weighted by molar-refractivity contribution is 5.88. The van der Waals surface area contributed by atoms with Crippen molar-refractivity contribution in [2.75, 3.05) is 32.8 Å². The minimum atomic E-state index is -0.321. The first-order chi connectivity index (χ1) is 7.91. The fourth-order valence-corrected chi connectivity index (χ4v) is 2.05. The monoisotopic (exact) mass is 242 g/mol.